The van der Waals surface area contributed by atoms with Crippen LogP contribution in [0.3, 0.4) is 0 Å². The van der Waals surface area contributed by atoms with Gasteiger partial charge in [-0.25, -0.2) is 5.10 Å². The topological polar surface area (TPSA) is 36.9 Å². The van der Waals surface area contributed by atoms with Gasteiger partial charge in [0, 0.05) is 20.1 Å². The van der Waals surface area contributed by atoms with Crippen LogP contribution < -0.4 is 4.90 Å². The van der Waals surface area contributed by atoms with Gasteiger partial charge in [0.2, 0.25) is 5.95 Å². The summed E-state index contributed by atoms with van der Waals surface area (Å²) in [5.41, 5.74) is 0. The van der Waals surface area contributed by atoms with E-state index in [0.717, 1.165) is 25.0 Å². The highest BCUT2D eigenvalue weighted by molar-refractivity contribution is 7.71. The van der Waals surface area contributed by atoms with Crippen LogP contribution in [0.1, 0.15) is 26.2 Å². The second kappa shape index (κ2) is 4.35. The van der Waals surface area contributed by atoms with Gasteiger partial charge in [0.05, 0.1) is 0 Å². The maximum absolute atomic E-state index is 5.12. The van der Waals surface area contributed by atoms with Crippen molar-refractivity contribution in [3.05, 3.63) is 4.77 Å². The molecule has 1 atom stereocenters. The van der Waals surface area contributed by atoms with Crippen molar-refractivity contribution in [2.45, 2.75) is 26.2 Å². The van der Waals surface area contributed by atoms with E-state index in [1.165, 1.54) is 19.3 Å². The zero-order chi connectivity index (χ0) is 10.8. The molecule has 1 aromatic rings. The zero-order valence-corrected chi connectivity index (χ0v) is 10.2. The van der Waals surface area contributed by atoms with Gasteiger partial charge in [0.25, 0.3) is 0 Å². The Morgan fingerprint density at radius 2 is 2.20 bits per heavy atom. The van der Waals surface area contributed by atoms with E-state index in [1.807, 2.05) is 11.6 Å². The van der Waals surface area contributed by atoms with Crippen molar-refractivity contribution in [2.75, 3.05) is 18.0 Å². The average molecular weight is 226 g/mol. The molecule has 0 aliphatic carbocycles. The average Bonchev–Trinajstić information content (AvgIpc) is 2.43. The van der Waals surface area contributed by atoms with Gasteiger partial charge in [0.1, 0.15) is 0 Å². The van der Waals surface area contributed by atoms with Crippen LogP contribution >= 0.6 is 12.2 Å². The molecule has 0 radical (unpaired) electrons. The van der Waals surface area contributed by atoms with E-state index in [1.54, 1.807) is 0 Å². The summed E-state index contributed by atoms with van der Waals surface area (Å²) in [6, 6.07) is 0. The lowest BCUT2D eigenvalue weighted by atomic mass is 10.0. The highest BCUT2D eigenvalue weighted by atomic mass is 32.1. The Labute approximate surface area is 95.3 Å². The molecular formula is C10H18N4S. The third kappa shape index (κ3) is 2.22. The molecule has 84 valence electrons. The van der Waals surface area contributed by atoms with Crippen LogP contribution in [-0.4, -0.2) is 27.9 Å². The van der Waals surface area contributed by atoms with Gasteiger partial charge in [-0.05, 0) is 37.4 Å². The van der Waals surface area contributed by atoms with Crippen molar-refractivity contribution < 1.29 is 0 Å². The van der Waals surface area contributed by atoms with E-state index in [2.05, 4.69) is 22.0 Å². The minimum absolute atomic E-state index is 0.697. The Hall–Kier alpha value is -0.840. The highest BCUT2D eigenvalue weighted by Crippen LogP contribution is 2.20. The molecule has 1 saturated heterocycles. The maximum Gasteiger partial charge on any atom is 0.225 e. The van der Waals surface area contributed by atoms with Gasteiger partial charge in [0.15, 0.2) is 4.77 Å². The molecule has 2 rings (SSSR count). The predicted octanol–water partition coefficient (Wildman–Crippen LogP) is 2.10. The van der Waals surface area contributed by atoms with Crippen LogP contribution in [0.2, 0.25) is 0 Å². The molecule has 1 aliphatic heterocycles. The number of aromatic nitrogens is 3. The monoisotopic (exact) mass is 226 g/mol. The molecular weight excluding hydrogens is 208 g/mol. The van der Waals surface area contributed by atoms with Gasteiger partial charge >= 0.3 is 0 Å². The number of hydrogen-bond donors (Lipinski definition) is 1. The summed E-state index contributed by atoms with van der Waals surface area (Å²) >= 11 is 5.12. The first-order valence-electron chi connectivity index (χ1n) is 5.55. The predicted molar refractivity (Wildman–Crippen MR) is 63.6 cm³/mol. The largest absolute Gasteiger partial charge is 0.341 e. The van der Waals surface area contributed by atoms with Gasteiger partial charge in [-0.15, -0.1) is 5.10 Å². The summed E-state index contributed by atoms with van der Waals surface area (Å²) in [5, 5.41) is 7.12. The third-order valence-electron chi connectivity index (χ3n) is 3.16. The molecule has 1 aliphatic rings. The molecule has 0 aromatic carbocycles. The molecule has 0 spiro atoms. The smallest absolute Gasteiger partial charge is 0.225 e. The quantitative estimate of drug-likeness (QED) is 0.745. The molecule has 15 heavy (non-hydrogen) atoms. The second-order valence-electron chi connectivity index (χ2n) is 4.41. The van der Waals surface area contributed by atoms with Gasteiger partial charge in [-0.2, -0.15) is 0 Å². The molecule has 4 nitrogen and oxygen atoms in total. The number of nitrogens with one attached hydrogen (secondary N) is 1. The molecule has 1 N–H and O–H groups in total. The molecule has 5 heteroatoms. The Bertz CT molecular complexity index is 381. The lowest BCUT2D eigenvalue weighted by Crippen LogP contribution is -2.27. The minimum atomic E-state index is 0.697. The van der Waals surface area contributed by atoms with Crippen LogP contribution in [0, 0.1) is 10.7 Å². The maximum atomic E-state index is 5.12. The Kier molecular flexibility index (Phi) is 3.09. The Morgan fingerprint density at radius 1 is 1.40 bits per heavy atom. The molecule has 0 bridgehead atoms. The highest BCUT2D eigenvalue weighted by Gasteiger charge is 2.17. The van der Waals surface area contributed by atoms with E-state index in [9.17, 15) is 0 Å². The SMILES string of the molecule is CC1CCCN(c2n[nH]c(=S)n2C)CC1. The molecule has 0 saturated carbocycles. The second-order valence-corrected chi connectivity index (χ2v) is 4.80. The number of rotatable bonds is 1. The van der Waals surface area contributed by atoms with Gasteiger partial charge in [-0.1, -0.05) is 6.92 Å². The summed E-state index contributed by atoms with van der Waals surface area (Å²) in [7, 11) is 1.97. The summed E-state index contributed by atoms with van der Waals surface area (Å²) < 4.78 is 2.65. The van der Waals surface area contributed by atoms with Gasteiger partial charge in [-0.3, -0.25) is 4.57 Å². The number of anilines is 1. The first-order chi connectivity index (χ1) is 7.18. The van der Waals surface area contributed by atoms with E-state index in [-0.39, 0.29) is 0 Å². The first kappa shape index (κ1) is 10.7. The Morgan fingerprint density at radius 3 is 2.87 bits per heavy atom. The van der Waals surface area contributed by atoms with Crippen molar-refractivity contribution in [3.63, 3.8) is 0 Å². The van der Waals surface area contributed by atoms with Crippen molar-refractivity contribution in [2.24, 2.45) is 13.0 Å². The van der Waals surface area contributed by atoms with E-state index >= 15 is 0 Å². The number of H-pyrrole nitrogens is 1. The Balaban J connectivity index is 2.16. The summed E-state index contributed by atoms with van der Waals surface area (Å²) in [6.45, 7) is 4.51. The number of nitrogens with zero attached hydrogens (tertiary/aromatic N) is 3. The van der Waals surface area contributed by atoms with Crippen molar-refractivity contribution in [1.29, 1.82) is 0 Å². The molecule has 2 heterocycles. The first-order valence-corrected chi connectivity index (χ1v) is 5.95. The van der Waals surface area contributed by atoms with Crippen LogP contribution in [0.4, 0.5) is 5.95 Å². The fraction of sp³-hybridized carbons (Fsp3) is 0.800. The summed E-state index contributed by atoms with van der Waals surface area (Å²) in [4.78, 5) is 2.33. The third-order valence-corrected chi connectivity index (χ3v) is 3.52. The van der Waals surface area contributed by atoms with Crippen molar-refractivity contribution in [1.82, 2.24) is 14.8 Å². The standard InChI is InChI=1S/C10H18N4S/c1-8-4-3-6-14(7-5-8)9-11-12-10(15)13(9)2/h8H,3-7H2,1-2H3,(H,12,15). The van der Waals surface area contributed by atoms with Crippen LogP contribution in [0.25, 0.3) is 0 Å². The zero-order valence-electron chi connectivity index (χ0n) is 9.36. The fourth-order valence-corrected chi connectivity index (χ4v) is 2.21. The van der Waals surface area contributed by atoms with E-state index < -0.39 is 0 Å². The molecule has 1 fully saturated rings. The summed E-state index contributed by atoms with van der Waals surface area (Å²) in [6.07, 6.45) is 3.83. The van der Waals surface area contributed by atoms with Gasteiger partial charge < -0.3 is 4.90 Å². The normalized spacial score (nSPS) is 22.8. The van der Waals surface area contributed by atoms with E-state index in [0.29, 0.717) is 4.77 Å². The van der Waals surface area contributed by atoms with Crippen LogP contribution in [-0.2, 0) is 7.05 Å². The molecule has 1 unspecified atom stereocenters. The lowest BCUT2D eigenvalue weighted by Gasteiger charge is -2.20. The number of aromatic amines is 1. The summed E-state index contributed by atoms with van der Waals surface area (Å²) in [5.74, 6) is 1.82. The van der Waals surface area contributed by atoms with E-state index in [4.69, 9.17) is 12.2 Å². The number of hydrogen-bond acceptors (Lipinski definition) is 3. The molecule has 0 amide bonds. The van der Waals surface area contributed by atoms with Crippen molar-refractivity contribution in [3.8, 4) is 0 Å². The minimum Gasteiger partial charge on any atom is -0.341 e. The fourth-order valence-electron chi connectivity index (χ4n) is 2.08. The van der Waals surface area contributed by atoms with Crippen LogP contribution in [0.15, 0.2) is 0 Å². The van der Waals surface area contributed by atoms with Crippen LogP contribution in [0.5, 0.6) is 0 Å². The lowest BCUT2D eigenvalue weighted by molar-refractivity contribution is 0.520. The van der Waals surface area contributed by atoms with Crippen molar-refractivity contribution >= 4 is 18.2 Å². The molecule has 1 aromatic heterocycles.